The topological polar surface area (TPSA) is 176 Å². The van der Waals surface area contributed by atoms with Crippen LogP contribution >= 0.6 is 0 Å². The number of carboxylic acid groups (broad SMARTS) is 1. The molecule has 0 fully saturated rings. The molecule has 2 heterocycles. The van der Waals surface area contributed by atoms with Crippen LogP contribution in [0.2, 0.25) is 0 Å². The van der Waals surface area contributed by atoms with E-state index in [2.05, 4.69) is 31.7 Å². The summed E-state index contributed by atoms with van der Waals surface area (Å²) < 4.78 is 15.4. The van der Waals surface area contributed by atoms with Gasteiger partial charge in [-0.25, -0.2) is 9.59 Å². The summed E-state index contributed by atoms with van der Waals surface area (Å²) in [6.07, 6.45) is 3.71. The monoisotopic (exact) mass is 474 g/mol. The minimum atomic E-state index is -2.33. The van der Waals surface area contributed by atoms with E-state index in [9.17, 15) is 19.5 Å². The Morgan fingerprint density at radius 2 is 2.03 bits per heavy atom. The average Bonchev–Trinajstić information content (AvgIpc) is 3.39. The Morgan fingerprint density at radius 1 is 1.21 bits per heavy atom. The quantitative estimate of drug-likeness (QED) is 0.176. The third-order valence-electron chi connectivity index (χ3n) is 4.62. The van der Waals surface area contributed by atoms with Gasteiger partial charge in [0.15, 0.2) is 0 Å². The Kier molecular flexibility index (Phi) is 8.96. The summed E-state index contributed by atoms with van der Waals surface area (Å²) in [6, 6.07) is 10.1. The zero-order valence-corrected chi connectivity index (χ0v) is 18.2. The van der Waals surface area contributed by atoms with E-state index in [0.29, 0.717) is 18.7 Å². The van der Waals surface area contributed by atoms with E-state index < -0.39 is 30.2 Å². The molecule has 3 rings (SSSR count). The van der Waals surface area contributed by atoms with Gasteiger partial charge in [0.2, 0.25) is 11.4 Å². The predicted molar refractivity (Wildman–Crippen MR) is 117 cm³/mol. The maximum absolute atomic E-state index is 12.5. The first-order chi connectivity index (χ1) is 16.5. The fraction of sp³-hybridized carbons (Fsp3) is 0.333. The lowest BCUT2D eigenvalue weighted by Crippen LogP contribution is -2.68. The molecule has 0 radical (unpaired) electrons. The first-order valence-electron chi connectivity index (χ1n) is 10.4. The number of nitrogens with zero attached hydrogens (tertiary/aromatic N) is 1. The number of carboxylic acids is 1. The fourth-order valence-electron chi connectivity index (χ4n) is 2.89. The van der Waals surface area contributed by atoms with Crippen LogP contribution in [0.3, 0.4) is 0 Å². The van der Waals surface area contributed by atoms with Crippen LogP contribution in [0.25, 0.3) is 0 Å². The van der Waals surface area contributed by atoms with E-state index in [1.807, 2.05) is 6.08 Å². The number of carbonyl (C=O) groups excluding carboxylic acids is 2. The largest absolute Gasteiger partial charge is 0.478 e. The molecule has 1 aromatic heterocycles. The molecule has 2 unspecified atom stereocenters. The second-order valence-corrected chi connectivity index (χ2v) is 7.15. The Labute approximate surface area is 194 Å². The van der Waals surface area contributed by atoms with Gasteiger partial charge < -0.3 is 29.7 Å². The molecule has 13 heteroatoms. The van der Waals surface area contributed by atoms with Crippen LogP contribution in [0.4, 0.5) is 4.79 Å². The van der Waals surface area contributed by atoms with Crippen molar-refractivity contribution in [2.75, 3.05) is 26.3 Å². The highest BCUT2D eigenvalue weighted by Gasteiger charge is 2.44. The van der Waals surface area contributed by atoms with E-state index in [-0.39, 0.29) is 25.3 Å². The molecule has 0 spiro atoms. The number of amides is 2. The molecule has 13 nitrogen and oxygen atoms in total. The number of aromatic nitrogens is 1. The number of aliphatic carboxylic acids is 1. The molecule has 34 heavy (non-hydrogen) atoms. The van der Waals surface area contributed by atoms with E-state index in [1.54, 1.807) is 36.5 Å². The first kappa shape index (κ1) is 24.7. The van der Waals surface area contributed by atoms with Crippen molar-refractivity contribution in [2.45, 2.75) is 18.6 Å². The van der Waals surface area contributed by atoms with Gasteiger partial charge in [0.05, 0.1) is 19.4 Å². The van der Waals surface area contributed by atoms with Gasteiger partial charge in [-0.1, -0.05) is 41.6 Å². The highest BCUT2D eigenvalue weighted by atomic mass is 16.6. The van der Waals surface area contributed by atoms with Gasteiger partial charge >= 0.3 is 12.1 Å². The van der Waals surface area contributed by atoms with Gasteiger partial charge in [-0.15, -0.1) is 0 Å². The average molecular weight is 474 g/mol. The number of benzene rings is 1. The second-order valence-electron chi connectivity index (χ2n) is 7.15. The number of alkyl carbamates (subject to hydrolysis) is 1. The smallest absolute Gasteiger partial charge is 0.409 e. The molecule has 2 atom stereocenters. The summed E-state index contributed by atoms with van der Waals surface area (Å²) >= 11 is 0. The van der Waals surface area contributed by atoms with Crippen LogP contribution in [0, 0.1) is 0 Å². The van der Waals surface area contributed by atoms with Crippen LogP contribution in [-0.2, 0) is 20.9 Å². The van der Waals surface area contributed by atoms with Crippen molar-refractivity contribution in [3.05, 3.63) is 66.2 Å². The zero-order chi connectivity index (χ0) is 24.2. The molecular formula is C21H26N6O7. The highest BCUT2D eigenvalue weighted by molar-refractivity contribution is 5.96. The Morgan fingerprint density at radius 3 is 2.71 bits per heavy atom. The molecule has 0 bridgehead atoms. The number of nitrogens with one attached hydrogen (secondary N) is 5. The molecular weight excluding hydrogens is 448 g/mol. The SMILES string of the molecule is O=C(NC(COCCNC1NC=CCN1)(NC(=O)c1ccno1)C(=O)O)OCc1ccccc1. The zero-order valence-electron chi connectivity index (χ0n) is 18.2. The van der Waals surface area contributed by atoms with E-state index >= 15 is 0 Å². The van der Waals surface area contributed by atoms with E-state index in [1.165, 1.54) is 12.3 Å². The highest BCUT2D eigenvalue weighted by Crippen LogP contribution is 2.08. The minimum Gasteiger partial charge on any atom is -0.478 e. The molecule has 1 aromatic carbocycles. The lowest BCUT2D eigenvalue weighted by Gasteiger charge is -2.30. The van der Waals surface area contributed by atoms with Crippen molar-refractivity contribution in [1.82, 2.24) is 31.7 Å². The molecule has 2 aromatic rings. The van der Waals surface area contributed by atoms with Crippen molar-refractivity contribution in [2.24, 2.45) is 0 Å². The van der Waals surface area contributed by atoms with E-state index in [4.69, 9.17) is 14.0 Å². The van der Waals surface area contributed by atoms with Crippen molar-refractivity contribution in [1.29, 1.82) is 0 Å². The molecule has 0 saturated carbocycles. The van der Waals surface area contributed by atoms with Gasteiger partial charge in [-0.05, 0) is 11.8 Å². The third-order valence-corrected chi connectivity index (χ3v) is 4.62. The van der Waals surface area contributed by atoms with Gasteiger partial charge in [0.1, 0.15) is 12.9 Å². The molecule has 182 valence electrons. The summed E-state index contributed by atoms with van der Waals surface area (Å²) in [5.74, 6) is -2.72. The first-order valence-corrected chi connectivity index (χ1v) is 10.4. The Balaban J connectivity index is 1.61. The number of hydrogen-bond donors (Lipinski definition) is 6. The summed E-state index contributed by atoms with van der Waals surface area (Å²) in [5.41, 5.74) is -1.63. The van der Waals surface area contributed by atoms with Crippen LogP contribution in [0.1, 0.15) is 16.1 Å². The van der Waals surface area contributed by atoms with Crippen LogP contribution in [-0.4, -0.2) is 66.5 Å². The van der Waals surface area contributed by atoms with Crippen molar-refractivity contribution < 1.29 is 33.5 Å². The molecule has 2 amide bonds. The Bertz CT molecular complexity index is 969. The van der Waals surface area contributed by atoms with E-state index in [0.717, 1.165) is 0 Å². The van der Waals surface area contributed by atoms with Gasteiger partial charge in [0.25, 0.3) is 5.91 Å². The number of rotatable bonds is 12. The summed E-state index contributed by atoms with van der Waals surface area (Å²) in [6.45, 7) is 0.436. The number of hydrogen-bond acceptors (Lipinski definition) is 10. The molecule has 0 saturated heterocycles. The standard InChI is InChI=1S/C21H26N6O7/c28-17(16-7-10-25-34-16)26-21(18(29)30,14-32-12-11-24-19-22-8-4-9-23-19)27-20(31)33-13-15-5-2-1-3-6-15/h1-8,10,19,22-24H,9,11-14H2,(H,26,28)(H,27,31)(H,29,30). The normalized spacial score (nSPS) is 16.6. The lowest BCUT2D eigenvalue weighted by atomic mass is 10.1. The lowest BCUT2D eigenvalue weighted by molar-refractivity contribution is -0.149. The van der Waals surface area contributed by atoms with Crippen LogP contribution in [0.15, 0.2) is 59.4 Å². The number of ether oxygens (including phenoxy) is 2. The molecule has 6 N–H and O–H groups in total. The van der Waals surface area contributed by atoms with Gasteiger partial charge in [0, 0.05) is 19.2 Å². The van der Waals surface area contributed by atoms with Gasteiger partial charge in [-0.3, -0.25) is 20.7 Å². The fourth-order valence-corrected chi connectivity index (χ4v) is 2.89. The molecule has 1 aliphatic rings. The summed E-state index contributed by atoms with van der Waals surface area (Å²) in [4.78, 5) is 37.1. The van der Waals surface area contributed by atoms with Crippen LogP contribution in [0.5, 0.6) is 0 Å². The van der Waals surface area contributed by atoms with Crippen molar-refractivity contribution in [3.8, 4) is 0 Å². The minimum absolute atomic E-state index is 0.0809. The third kappa shape index (κ3) is 7.30. The predicted octanol–water partition coefficient (Wildman–Crippen LogP) is -0.292. The van der Waals surface area contributed by atoms with Gasteiger partial charge in [-0.2, -0.15) is 0 Å². The molecule has 0 aliphatic carbocycles. The maximum Gasteiger partial charge on any atom is 0.409 e. The maximum atomic E-state index is 12.5. The summed E-state index contributed by atoms with van der Waals surface area (Å²) in [7, 11) is 0. The number of carbonyl (C=O) groups is 3. The molecule has 1 aliphatic heterocycles. The summed E-state index contributed by atoms with van der Waals surface area (Å²) in [5, 5.41) is 27.1. The Hall–Kier alpha value is -3.94. The second kappa shape index (κ2) is 12.3. The van der Waals surface area contributed by atoms with Crippen molar-refractivity contribution in [3.63, 3.8) is 0 Å². The van der Waals surface area contributed by atoms with Crippen molar-refractivity contribution >= 4 is 18.0 Å². The van der Waals surface area contributed by atoms with Crippen LogP contribution < -0.4 is 26.6 Å².